The van der Waals surface area contributed by atoms with Gasteiger partial charge in [-0.1, -0.05) is 36.8 Å². The van der Waals surface area contributed by atoms with Gasteiger partial charge in [0.15, 0.2) is 9.84 Å². The Hall–Kier alpha value is -1.81. The summed E-state index contributed by atoms with van der Waals surface area (Å²) in [7, 11) is -3.11. The van der Waals surface area contributed by atoms with E-state index < -0.39 is 9.84 Å². The number of anilines is 1. The van der Waals surface area contributed by atoms with E-state index in [9.17, 15) is 8.42 Å². The van der Waals surface area contributed by atoms with Crippen molar-refractivity contribution in [2.45, 2.75) is 25.2 Å². The molecule has 21 heavy (non-hydrogen) atoms. The summed E-state index contributed by atoms with van der Waals surface area (Å²) in [6, 6.07) is 15.4. The quantitative estimate of drug-likeness (QED) is 0.889. The molecule has 2 rings (SSSR count). The van der Waals surface area contributed by atoms with Gasteiger partial charge >= 0.3 is 0 Å². The van der Waals surface area contributed by atoms with Gasteiger partial charge < -0.3 is 5.32 Å². The summed E-state index contributed by atoms with van der Waals surface area (Å²) in [5.74, 6) is 0.132. The van der Waals surface area contributed by atoms with Crippen molar-refractivity contribution in [2.24, 2.45) is 0 Å². The Morgan fingerprint density at radius 3 is 2.38 bits per heavy atom. The van der Waals surface area contributed by atoms with Crippen LogP contribution in [0.2, 0.25) is 0 Å². The molecule has 2 aromatic carbocycles. The van der Waals surface area contributed by atoms with Gasteiger partial charge in [0.2, 0.25) is 0 Å². The van der Waals surface area contributed by atoms with E-state index in [0.29, 0.717) is 4.90 Å². The molecule has 0 spiro atoms. The van der Waals surface area contributed by atoms with Crippen molar-refractivity contribution >= 4 is 15.5 Å². The van der Waals surface area contributed by atoms with Crippen LogP contribution in [0.5, 0.6) is 0 Å². The molecule has 0 aliphatic heterocycles. The molecule has 0 aromatic heterocycles. The van der Waals surface area contributed by atoms with Gasteiger partial charge in [-0.2, -0.15) is 0 Å². The van der Waals surface area contributed by atoms with Crippen molar-refractivity contribution in [2.75, 3.05) is 17.6 Å². The zero-order chi connectivity index (χ0) is 15.3. The molecule has 0 bridgehead atoms. The number of aryl methyl sites for hydroxylation is 1. The second kappa shape index (κ2) is 6.76. The van der Waals surface area contributed by atoms with E-state index in [1.165, 1.54) is 11.1 Å². The summed E-state index contributed by atoms with van der Waals surface area (Å²) in [5, 5.41) is 3.31. The predicted molar refractivity (Wildman–Crippen MR) is 87.5 cm³/mol. The van der Waals surface area contributed by atoms with E-state index >= 15 is 0 Å². The minimum absolute atomic E-state index is 0.132. The van der Waals surface area contributed by atoms with Crippen molar-refractivity contribution < 1.29 is 8.42 Å². The molecule has 0 unspecified atom stereocenters. The van der Waals surface area contributed by atoms with Crippen molar-refractivity contribution in [3.63, 3.8) is 0 Å². The van der Waals surface area contributed by atoms with E-state index in [4.69, 9.17) is 0 Å². The summed E-state index contributed by atoms with van der Waals surface area (Å²) in [6.07, 6.45) is 0.941. The highest BCUT2D eigenvalue weighted by Crippen LogP contribution is 2.15. The molecule has 0 atom stereocenters. The van der Waals surface area contributed by atoms with Crippen LogP contribution in [-0.4, -0.2) is 20.7 Å². The van der Waals surface area contributed by atoms with E-state index in [-0.39, 0.29) is 5.75 Å². The van der Waals surface area contributed by atoms with Crippen LogP contribution in [0.25, 0.3) is 0 Å². The maximum absolute atomic E-state index is 11.7. The molecule has 0 aliphatic carbocycles. The number of nitrogens with one attached hydrogen (secondary N) is 1. The zero-order valence-corrected chi connectivity index (χ0v) is 13.3. The summed E-state index contributed by atoms with van der Waals surface area (Å²) in [4.78, 5) is 0.384. The molecule has 0 aliphatic rings. The molecule has 112 valence electrons. The summed E-state index contributed by atoms with van der Waals surface area (Å²) in [5.41, 5.74) is 3.51. The highest BCUT2D eigenvalue weighted by molar-refractivity contribution is 7.91. The lowest BCUT2D eigenvalue weighted by atomic mass is 10.1. The van der Waals surface area contributed by atoms with Crippen LogP contribution >= 0.6 is 0 Å². The largest absolute Gasteiger partial charge is 0.385 e. The standard InChI is InChI=1S/C17H21NO2S/c1-3-21(19,20)17-9-7-16(8-10-17)18-12-11-15-6-4-5-14(2)13-15/h4-10,13,18H,3,11-12H2,1-2H3. The Labute approximate surface area is 126 Å². The third-order valence-electron chi connectivity index (χ3n) is 3.42. The number of benzene rings is 2. The number of sulfone groups is 1. The van der Waals surface area contributed by atoms with Gasteiger partial charge in [0, 0.05) is 12.2 Å². The smallest absolute Gasteiger partial charge is 0.178 e. The lowest BCUT2D eigenvalue weighted by Gasteiger charge is -2.08. The molecular formula is C17H21NO2S. The fourth-order valence-electron chi connectivity index (χ4n) is 2.17. The molecule has 4 heteroatoms. The van der Waals surface area contributed by atoms with E-state index in [0.717, 1.165) is 18.7 Å². The van der Waals surface area contributed by atoms with Crippen LogP contribution in [0.4, 0.5) is 5.69 Å². The number of rotatable bonds is 6. The normalized spacial score (nSPS) is 11.3. The van der Waals surface area contributed by atoms with Gasteiger partial charge in [0.05, 0.1) is 10.6 Å². The first kappa shape index (κ1) is 15.6. The molecule has 0 amide bonds. The Kier molecular flexibility index (Phi) is 5.02. The second-order valence-corrected chi connectivity index (χ2v) is 7.37. The maximum Gasteiger partial charge on any atom is 0.178 e. The Balaban J connectivity index is 1.92. The van der Waals surface area contributed by atoms with E-state index in [1.54, 1.807) is 19.1 Å². The van der Waals surface area contributed by atoms with Crippen LogP contribution in [0.15, 0.2) is 53.4 Å². The molecule has 2 aromatic rings. The van der Waals surface area contributed by atoms with Crippen molar-refractivity contribution in [1.29, 1.82) is 0 Å². The average molecular weight is 303 g/mol. The number of hydrogen-bond acceptors (Lipinski definition) is 3. The van der Waals surface area contributed by atoms with E-state index in [2.05, 4.69) is 36.5 Å². The van der Waals surface area contributed by atoms with Crippen molar-refractivity contribution in [1.82, 2.24) is 0 Å². The third kappa shape index (κ3) is 4.33. The highest BCUT2D eigenvalue weighted by Gasteiger charge is 2.10. The van der Waals surface area contributed by atoms with Gasteiger partial charge in [-0.25, -0.2) is 8.42 Å². The fraction of sp³-hybridized carbons (Fsp3) is 0.294. The lowest BCUT2D eigenvalue weighted by molar-refractivity contribution is 0.597. The van der Waals surface area contributed by atoms with E-state index in [1.807, 2.05) is 12.1 Å². The van der Waals surface area contributed by atoms with Crippen LogP contribution in [0.1, 0.15) is 18.1 Å². The monoisotopic (exact) mass is 303 g/mol. The minimum Gasteiger partial charge on any atom is -0.385 e. The number of hydrogen-bond donors (Lipinski definition) is 1. The summed E-state index contributed by atoms with van der Waals surface area (Å²) < 4.78 is 23.4. The van der Waals surface area contributed by atoms with Crippen LogP contribution < -0.4 is 5.32 Å². The summed E-state index contributed by atoms with van der Waals surface area (Å²) >= 11 is 0. The molecule has 3 nitrogen and oxygen atoms in total. The SMILES string of the molecule is CCS(=O)(=O)c1ccc(NCCc2cccc(C)c2)cc1. The molecule has 0 fully saturated rings. The van der Waals surface area contributed by atoms with Gasteiger partial charge in [0.1, 0.15) is 0 Å². The Morgan fingerprint density at radius 1 is 1.05 bits per heavy atom. The highest BCUT2D eigenvalue weighted by atomic mass is 32.2. The lowest BCUT2D eigenvalue weighted by Crippen LogP contribution is -2.06. The first-order valence-corrected chi connectivity index (χ1v) is 8.79. The zero-order valence-electron chi connectivity index (χ0n) is 12.5. The van der Waals surface area contributed by atoms with Gasteiger partial charge in [-0.05, 0) is 43.2 Å². The maximum atomic E-state index is 11.7. The fourth-order valence-corrected chi connectivity index (χ4v) is 3.05. The Morgan fingerprint density at radius 2 is 1.76 bits per heavy atom. The van der Waals surface area contributed by atoms with Crippen molar-refractivity contribution in [3.8, 4) is 0 Å². The van der Waals surface area contributed by atoms with Gasteiger partial charge in [-0.15, -0.1) is 0 Å². The summed E-state index contributed by atoms with van der Waals surface area (Å²) in [6.45, 7) is 4.57. The van der Waals surface area contributed by atoms with Crippen molar-refractivity contribution in [3.05, 3.63) is 59.7 Å². The first-order chi connectivity index (χ1) is 10.0. The molecule has 0 heterocycles. The minimum atomic E-state index is -3.11. The van der Waals surface area contributed by atoms with Crippen LogP contribution in [0.3, 0.4) is 0 Å². The predicted octanol–water partition coefficient (Wildman–Crippen LogP) is 3.44. The molecular weight excluding hydrogens is 282 g/mol. The third-order valence-corrected chi connectivity index (χ3v) is 5.17. The first-order valence-electron chi connectivity index (χ1n) is 7.13. The topological polar surface area (TPSA) is 46.2 Å². The van der Waals surface area contributed by atoms with Gasteiger partial charge in [0.25, 0.3) is 0 Å². The Bertz CT molecular complexity index is 691. The van der Waals surface area contributed by atoms with Crippen LogP contribution in [0, 0.1) is 6.92 Å². The van der Waals surface area contributed by atoms with Crippen LogP contribution in [-0.2, 0) is 16.3 Å². The average Bonchev–Trinajstić information content (AvgIpc) is 2.48. The molecule has 0 saturated heterocycles. The van der Waals surface area contributed by atoms with Gasteiger partial charge in [-0.3, -0.25) is 0 Å². The molecule has 1 N–H and O–H groups in total. The molecule has 0 saturated carbocycles. The second-order valence-electron chi connectivity index (χ2n) is 5.09. The molecule has 0 radical (unpaired) electrons.